The highest BCUT2D eigenvalue weighted by molar-refractivity contribution is 5.99. The molecule has 2 heterocycles. The standard InChI is InChI=1S/C23H25N3O2/c1-15-16(2)24-22-9-6-19(14-21(15)22)23(28)26-12-10-25(11-13-26)20-7-4-18(5-8-20)17(3)27/h4-9,14,24H,10-13H2,1-3H3. The minimum absolute atomic E-state index is 0.0757. The van der Waals surface area contributed by atoms with Crippen LogP contribution >= 0.6 is 0 Å². The van der Waals surface area contributed by atoms with Gasteiger partial charge in [0, 0.05) is 59.6 Å². The third-order valence-corrected chi connectivity index (χ3v) is 5.76. The summed E-state index contributed by atoms with van der Waals surface area (Å²) in [5, 5.41) is 1.12. The van der Waals surface area contributed by atoms with Crippen LogP contribution in [-0.2, 0) is 0 Å². The molecule has 1 fully saturated rings. The van der Waals surface area contributed by atoms with Crippen LogP contribution in [0, 0.1) is 13.8 Å². The van der Waals surface area contributed by atoms with Gasteiger partial charge in [-0.3, -0.25) is 9.59 Å². The Morgan fingerprint density at radius 3 is 2.18 bits per heavy atom. The molecule has 1 saturated heterocycles. The first-order valence-corrected chi connectivity index (χ1v) is 9.68. The second-order valence-electron chi connectivity index (χ2n) is 7.52. The number of aromatic nitrogens is 1. The third-order valence-electron chi connectivity index (χ3n) is 5.76. The fourth-order valence-corrected chi connectivity index (χ4v) is 3.85. The SMILES string of the molecule is CC(=O)c1ccc(N2CCN(C(=O)c3ccc4[nH]c(C)c(C)c4c3)CC2)cc1. The molecule has 0 atom stereocenters. The number of piperazine rings is 1. The number of benzene rings is 2. The van der Waals surface area contributed by atoms with Gasteiger partial charge in [0.1, 0.15) is 0 Å². The number of nitrogens with one attached hydrogen (secondary N) is 1. The van der Waals surface area contributed by atoms with E-state index in [0.717, 1.165) is 46.5 Å². The molecule has 144 valence electrons. The Bertz CT molecular complexity index is 1040. The molecule has 0 unspecified atom stereocenters. The largest absolute Gasteiger partial charge is 0.368 e. The molecule has 0 saturated carbocycles. The molecule has 2 aromatic carbocycles. The Hall–Kier alpha value is -3.08. The minimum Gasteiger partial charge on any atom is -0.368 e. The number of amides is 1. The van der Waals surface area contributed by atoms with Crippen molar-refractivity contribution in [1.82, 2.24) is 9.88 Å². The van der Waals surface area contributed by atoms with Crippen molar-refractivity contribution in [3.8, 4) is 0 Å². The molecule has 4 rings (SSSR count). The van der Waals surface area contributed by atoms with E-state index in [9.17, 15) is 9.59 Å². The summed E-state index contributed by atoms with van der Waals surface area (Å²) in [5.41, 5.74) is 5.98. The highest BCUT2D eigenvalue weighted by atomic mass is 16.2. The number of ketones is 1. The van der Waals surface area contributed by atoms with Gasteiger partial charge in [-0.1, -0.05) is 0 Å². The number of carbonyl (C=O) groups excluding carboxylic acids is 2. The van der Waals surface area contributed by atoms with Gasteiger partial charge in [0.2, 0.25) is 0 Å². The quantitative estimate of drug-likeness (QED) is 0.705. The van der Waals surface area contributed by atoms with Crippen molar-refractivity contribution in [2.45, 2.75) is 20.8 Å². The zero-order chi connectivity index (χ0) is 19.8. The van der Waals surface area contributed by atoms with Crippen LogP contribution in [-0.4, -0.2) is 47.8 Å². The zero-order valence-corrected chi connectivity index (χ0v) is 16.6. The number of nitrogens with zero attached hydrogens (tertiary/aromatic N) is 2. The van der Waals surface area contributed by atoms with Crippen molar-refractivity contribution >= 4 is 28.3 Å². The number of H-pyrrole nitrogens is 1. The highest BCUT2D eigenvalue weighted by Crippen LogP contribution is 2.24. The first-order valence-electron chi connectivity index (χ1n) is 9.68. The van der Waals surface area contributed by atoms with Crippen LogP contribution in [0.4, 0.5) is 5.69 Å². The van der Waals surface area contributed by atoms with Crippen LogP contribution in [0.2, 0.25) is 0 Å². The van der Waals surface area contributed by atoms with Crippen molar-refractivity contribution in [2.24, 2.45) is 0 Å². The predicted octanol–water partition coefficient (Wildman–Crippen LogP) is 3.95. The lowest BCUT2D eigenvalue weighted by molar-refractivity contribution is 0.0746. The van der Waals surface area contributed by atoms with Gasteiger partial charge in [0.25, 0.3) is 5.91 Å². The Kier molecular flexibility index (Phi) is 4.67. The topological polar surface area (TPSA) is 56.4 Å². The number of aromatic amines is 1. The van der Waals surface area contributed by atoms with E-state index in [0.29, 0.717) is 13.1 Å². The smallest absolute Gasteiger partial charge is 0.253 e. The minimum atomic E-state index is 0.0757. The lowest BCUT2D eigenvalue weighted by atomic mass is 10.1. The van der Waals surface area contributed by atoms with E-state index in [1.165, 1.54) is 5.56 Å². The van der Waals surface area contributed by atoms with Crippen LogP contribution in [0.5, 0.6) is 0 Å². The van der Waals surface area contributed by atoms with E-state index in [1.54, 1.807) is 6.92 Å². The number of aryl methyl sites for hydroxylation is 2. The van der Waals surface area contributed by atoms with Gasteiger partial charge in [-0.05, 0) is 68.8 Å². The highest BCUT2D eigenvalue weighted by Gasteiger charge is 2.23. The van der Waals surface area contributed by atoms with Crippen molar-refractivity contribution in [1.29, 1.82) is 0 Å². The van der Waals surface area contributed by atoms with Crippen LogP contribution in [0.1, 0.15) is 38.9 Å². The van der Waals surface area contributed by atoms with Gasteiger partial charge in [0.15, 0.2) is 5.78 Å². The van der Waals surface area contributed by atoms with E-state index in [4.69, 9.17) is 0 Å². The summed E-state index contributed by atoms with van der Waals surface area (Å²) in [5.74, 6) is 0.165. The molecule has 28 heavy (non-hydrogen) atoms. The summed E-state index contributed by atoms with van der Waals surface area (Å²) in [6.45, 7) is 8.67. The maximum atomic E-state index is 13.0. The normalized spacial score (nSPS) is 14.5. The summed E-state index contributed by atoms with van der Waals surface area (Å²) in [4.78, 5) is 32.0. The second-order valence-corrected chi connectivity index (χ2v) is 7.52. The molecular weight excluding hydrogens is 350 g/mol. The Balaban J connectivity index is 1.45. The molecule has 1 aromatic heterocycles. The Morgan fingerprint density at radius 1 is 0.893 bits per heavy atom. The summed E-state index contributed by atoms with van der Waals surface area (Å²) in [6.07, 6.45) is 0. The predicted molar refractivity (Wildman–Crippen MR) is 112 cm³/mol. The lowest BCUT2D eigenvalue weighted by Gasteiger charge is -2.36. The zero-order valence-electron chi connectivity index (χ0n) is 16.6. The van der Waals surface area contributed by atoms with Gasteiger partial charge >= 0.3 is 0 Å². The first kappa shape index (κ1) is 18.3. The third kappa shape index (κ3) is 3.28. The average Bonchev–Trinajstić information content (AvgIpc) is 3.01. The van der Waals surface area contributed by atoms with Crippen molar-refractivity contribution < 1.29 is 9.59 Å². The molecule has 0 spiro atoms. The fraction of sp³-hybridized carbons (Fsp3) is 0.304. The number of Topliss-reactive ketones (excluding diaryl/α,β-unsaturated/α-hetero) is 1. The number of carbonyl (C=O) groups is 2. The molecule has 1 amide bonds. The monoisotopic (exact) mass is 375 g/mol. The first-order chi connectivity index (χ1) is 13.4. The Morgan fingerprint density at radius 2 is 1.54 bits per heavy atom. The second kappa shape index (κ2) is 7.15. The van der Waals surface area contributed by atoms with Crippen molar-refractivity contribution in [3.05, 3.63) is 64.8 Å². The fourth-order valence-electron chi connectivity index (χ4n) is 3.85. The van der Waals surface area contributed by atoms with E-state index >= 15 is 0 Å². The van der Waals surface area contributed by atoms with Gasteiger partial charge in [0.05, 0.1) is 0 Å². The molecule has 0 bridgehead atoms. The summed E-state index contributed by atoms with van der Waals surface area (Å²) >= 11 is 0. The molecule has 0 radical (unpaired) electrons. The number of hydrogen-bond donors (Lipinski definition) is 1. The van der Waals surface area contributed by atoms with Gasteiger partial charge in [-0.15, -0.1) is 0 Å². The molecule has 0 aliphatic carbocycles. The average molecular weight is 375 g/mol. The van der Waals surface area contributed by atoms with Crippen LogP contribution in [0.25, 0.3) is 10.9 Å². The van der Waals surface area contributed by atoms with Gasteiger partial charge in [-0.25, -0.2) is 0 Å². The van der Waals surface area contributed by atoms with Gasteiger partial charge in [-0.2, -0.15) is 0 Å². The van der Waals surface area contributed by atoms with Crippen molar-refractivity contribution in [3.63, 3.8) is 0 Å². The molecule has 5 nitrogen and oxygen atoms in total. The molecule has 3 aromatic rings. The number of hydrogen-bond acceptors (Lipinski definition) is 3. The summed E-state index contributed by atoms with van der Waals surface area (Å²) in [7, 11) is 0. The maximum Gasteiger partial charge on any atom is 0.253 e. The molecular formula is C23H25N3O2. The van der Waals surface area contributed by atoms with Crippen LogP contribution in [0.15, 0.2) is 42.5 Å². The number of anilines is 1. The maximum absolute atomic E-state index is 13.0. The molecule has 1 aliphatic heterocycles. The van der Waals surface area contributed by atoms with E-state index in [1.807, 2.05) is 47.4 Å². The molecule has 1 aliphatic rings. The van der Waals surface area contributed by atoms with Crippen LogP contribution < -0.4 is 4.90 Å². The van der Waals surface area contributed by atoms with E-state index in [-0.39, 0.29) is 11.7 Å². The number of rotatable bonds is 3. The number of fused-ring (bicyclic) bond motifs is 1. The lowest BCUT2D eigenvalue weighted by Crippen LogP contribution is -2.48. The Labute approximate surface area is 165 Å². The molecule has 1 N–H and O–H groups in total. The summed E-state index contributed by atoms with van der Waals surface area (Å²) in [6, 6.07) is 13.6. The van der Waals surface area contributed by atoms with Gasteiger partial charge < -0.3 is 14.8 Å². The van der Waals surface area contributed by atoms with Crippen LogP contribution in [0.3, 0.4) is 0 Å². The summed E-state index contributed by atoms with van der Waals surface area (Å²) < 4.78 is 0. The van der Waals surface area contributed by atoms with E-state index < -0.39 is 0 Å². The van der Waals surface area contributed by atoms with Crippen molar-refractivity contribution in [2.75, 3.05) is 31.1 Å². The van der Waals surface area contributed by atoms with E-state index in [2.05, 4.69) is 23.7 Å². The molecule has 5 heteroatoms.